The SMILES string of the molecule is CCOc1ccc([C@@H](c2cc(CC)sc2NC(=O)c2ccccc2)[NH+]2CCC(C)CC2)cc1. The van der Waals surface area contributed by atoms with Crippen molar-refractivity contribution in [1.82, 2.24) is 0 Å². The Balaban J connectivity index is 1.71. The van der Waals surface area contributed by atoms with E-state index in [4.69, 9.17) is 4.74 Å². The minimum atomic E-state index is -0.0472. The van der Waals surface area contributed by atoms with Crippen LogP contribution in [0.5, 0.6) is 5.75 Å². The maximum absolute atomic E-state index is 13.0. The molecule has 0 radical (unpaired) electrons. The lowest BCUT2D eigenvalue weighted by molar-refractivity contribution is -0.931. The van der Waals surface area contributed by atoms with Gasteiger partial charge in [-0.2, -0.15) is 0 Å². The van der Waals surface area contributed by atoms with Crippen LogP contribution >= 0.6 is 11.3 Å². The van der Waals surface area contributed by atoms with E-state index in [-0.39, 0.29) is 11.9 Å². The molecule has 2 N–H and O–H groups in total. The Hall–Kier alpha value is -2.63. The number of hydrogen-bond donors (Lipinski definition) is 2. The summed E-state index contributed by atoms with van der Waals surface area (Å²) in [5.74, 6) is 1.63. The molecular formula is C28H35N2O2S+. The molecule has 1 amide bonds. The molecule has 1 aromatic heterocycles. The molecule has 174 valence electrons. The number of rotatable bonds is 8. The highest BCUT2D eigenvalue weighted by atomic mass is 32.1. The normalized spacial score (nSPS) is 19.1. The first-order valence-electron chi connectivity index (χ1n) is 12.1. The highest BCUT2D eigenvalue weighted by Gasteiger charge is 2.33. The van der Waals surface area contributed by atoms with Crippen LogP contribution in [0.1, 0.15) is 66.0 Å². The molecule has 3 aromatic rings. The Morgan fingerprint density at radius 2 is 1.79 bits per heavy atom. The van der Waals surface area contributed by atoms with Crippen LogP contribution in [0.3, 0.4) is 0 Å². The van der Waals surface area contributed by atoms with Gasteiger partial charge in [0.2, 0.25) is 0 Å². The number of likely N-dealkylation sites (tertiary alicyclic amines) is 1. The zero-order valence-electron chi connectivity index (χ0n) is 19.9. The predicted molar refractivity (Wildman–Crippen MR) is 137 cm³/mol. The molecule has 1 atom stereocenters. The van der Waals surface area contributed by atoms with Gasteiger partial charge in [0.1, 0.15) is 16.8 Å². The van der Waals surface area contributed by atoms with Crippen LogP contribution in [-0.4, -0.2) is 25.6 Å². The third-order valence-electron chi connectivity index (χ3n) is 6.58. The third kappa shape index (κ3) is 5.66. The van der Waals surface area contributed by atoms with Crippen LogP contribution < -0.4 is 15.0 Å². The second kappa shape index (κ2) is 11.0. The first-order chi connectivity index (χ1) is 16.1. The Bertz CT molecular complexity index is 1040. The molecule has 0 aliphatic carbocycles. The van der Waals surface area contributed by atoms with Crippen molar-refractivity contribution in [1.29, 1.82) is 0 Å². The van der Waals surface area contributed by atoms with Crippen molar-refractivity contribution >= 4 is 22.2 Å². The van der Waals surface area contributed by atoms with Crippen molar-refractivity contribution < 1.29 is 14.4 Å². The summed E-state index contributed by atoms with van der Waals surface area (Å²) in [6.07, 6.45) is 3.43. The van der Waals surface area contributed by atoms with Crippen LogP contribution in [0.4, 0.5) is 5.00 Å². The van der Waals surface area contributed by atoms with E-state index in [2.05, 4.69) is 49.5 Å². The molecule has 33 heavy (non-hydrogen) atoms. The quantitative estimate of drug-likeness (QED) is 0.472. The summed E-state index contributed by atoms with van der Waals surface area (Å²) in [7, 11) is 0. The monoisotopic (exact) mass is 463 g/mol. The Labute approximate surface area is 201 Å². The van der Waals surface area contributed by atoms with Gasteiger partial charge in [-0.1, -0.05) is 32.0 Å². The minimum absolute atomic E-state index is 0.0472. The molecule has 2 aromatic carbocycles. The fraction of sp³-hybridized carbons (Fsp3) is 0.393. The number of carbonyl (C=O) groups is 1. The van der Waals surface area contributed by atoms with Crippen molar-refractivity contribution in [2.24, 2.45) is 5.92 Å². The number of carbonyl (C=O) groups excluding carboxylic acids is 1. The van der Waals surface area contributed by atoms with Crippen molar-refractivity contribution in [3.8, 4) is 5.75 Å². The summed E-state index contributed by atoms with van der Waals surface area (Å²) >= 11 is 1.71. The molecule has 4 nitrogen and oxygen atoms in total. The Morgan fingerprint density at radius 3 is 2.42 bits per heavy atom. The van der Waals surface area contributed by atoms with E-state index in [1.165, 1.54) is 28.8 Å². The van der Waals surface area contributed by atoms with E-state index >= 15 is 0 Å². The maximum atomic E-state index is 13.0. The second-order valence-electron chi connectivity index (χ2n) is 8.95. The lowest BCUT2D eigenvalue weighted by Crippen LogP contribution is -3.13. The number of nitrogens with one attached hydrogen (secondary N) is 2. The van der Waals surface area contributed by atoms with Crippen LogP contribution in [0.15, 0.2) is 60.7 Å². The summed E-state index contributed by atoms with van der Waals surface area (Å²) in [5.41, 5.74) is 3.19. The molecule has 2 heterocycles. The molecule has 0 spiro atoms. The molecule has 1 aliphatic rings. The fourth-order valence-electron chi connectivity index (χ4n) is 4.69. The van der Waals surface area contributed by atoms with Crippen LogP contribution in [0, 0.1) is 5.92 Å². The largest absolute Gasteiger partial charge is 0.494 e. The first kappa shape index (κ1) is 23.5. The summed E-state index contributed by atoms with van der Waals surface area (Å²) in [6, 6.07) is 20.5. The average molecular weight is 464 g/mol. The first-order valence-corrected chi connectivity index (χ1v) is 13.0. The van der Waals surface area contributed by atoms with E-state index in [1.54, 1.807) is 16.2 Å². The van der Waals surface area contributed by atoms with Crippen molar-refractivity contribution in [3.63, 3.8) is 0 Å². The van der Waals surface area contributed by atoms with Crippen molar-refractivity contribution in [2.45, 2.75) is 46.1 Å². The van der Waals surface area contributed by atoms with Crippen LogP contribution in [-0.2, 0) is 6.42 Å². The average Bonchev–Trinajstić information content (AvgIpc) is 3.24. The van der Waals surface area contributed by atoms with E-state index < -0.39 is 0 Å². The van der Waals surface area contributed by atoms with Crippen LogP contribution in [0.25, 0.3) is 0 Å². The number of ether oxygens (including phenoxy) is 1. The number of anilines is 1. The summed E-state index contributed by atoms with van der Waals surface area (Å²) < 4.78 is 5.69. The Morgan fingerprint density at radius 1 is 1.09 bits per heavy atom. The van der Waals surface area contributed by atoms with Gasteiger partial charge >= 0.3 is 0 Å². The second-order valence-corrected chi connectivity index (χ2v) is 10.1. The topological polar surface area (TPSA) is 42.8 Å². The Kier molecular flexibility index (Phi) is 7.84. The standard InChI is InChI=1S/C28H34N2O2S/c1-4-24-19-25(28(33-24)29-27(31)22-9-7-6-8-10-22)26(30-17-15-20(3)16-18-30)21-11-13-23(14-12-21)32-5-2/h6-14,19-20,26H,4-5,15-18H2,1-3H3,(H,29,31)/p+1/t26-/m0/s1. The molecular weight excluding hydrogens is 428 g/mol. The number of hydrogen-bond acceptors (Lipinski definition) is 3. The zero-order valence-corrected chi connectivity index (χ0v) is 20.7. The zero-order chi connectivity index (χ0) is 23.2. The molecule has 0 bridgehead atoms. The number of benzene rings is 2. The number of aryl methyl sites for hydroxylation is 1. The van der Waals surface area contributed by atoms with Gasteiger partial charge in [-0.25, -0.2) is 0 Å². The number of quaternary nitrogens is 1. The molecule has 1 saturated heterocycles. The molecule has 1 aliphatic heterocycles. The lowest BCUT2D eigenvalue weighted by Gasteiger charge is -2.34. The van der Waals surface area contributed by atoms with Gasteiger partial charge in [-0.05, 0) is 74.6 Å². The van der Waals surface area contributed by atoms with Gasteiger partial charge in [0, 0.05) is 21.6 Å². The van der Waals surface area contributed by atoms with E-state index in [9.17, 15) is 4.79 Å². The molecule has 1 fully saturated rings. The molecule has 0 unspecified atom stereocenters. The molecule has 4 rings (SSSR count). The predicted octanol–water partition coefficient (Wildman–Crippen LogP) is 5.37. The summed E-state index contributed by atoms with van der Waals surface area (Å²) in [4.78, 5) is 15.9. The van der Waals surface area contributed by atoms with Gasteiger partial charge in [0.25, 0.3) is 5.91 Å². The lowest BCUT2D eigenvalue weighted by atomic mass is 9.92. The van der Waals surface area contributed by atoms with Gasteiger partial charge in [-0.15, -0.1) is 11.3 Å². The van der Waals surface area contributed by atoms with E-state index in [0.717, 1.165) is 36.2 Å². The van der Waals surface area contributed by atoms with Crippen molar-refractivity contribution in [2.75, 3.05) is 25.0 Å². The van der Waals surface area contributed by atoms with Crippen molar-refractivity contribution in [3.05, 3.63) is 82.2 Å². The number of amides is 1. The van der Waals surface area contributed by atoms with Crippen LogP contribution in [0.2, 0.25) is 0 Å². The summed E-state index contributed by atoms with van der Waals surface area (Å²) in [5, 5.41) is 4.23. The molecule has 5 heteroatoms. The third-order valence-corrected chi connectivity index (χ3v) is 7.79. The van der Waals surface area contributed by atoms with Gasteiger partial charge < -0.3 is 15.0 Å². The fourth-order valence-corrected chi connectivity index (χ4v) is 5.72. The minimum Gasteiger partial charge on any atom is -0.494 e. The molecule has 0 saturated carbocycles. The number of thiophene rings is 1. The van der Waals surface area contributed by atoms with Gasteiger partial charge in [0.05, 0.1) is 19.7 Å². The highest BCUT2D eigenvalue weighted by Crippen LogP contribution is 2.36. The smallest absolute Gasteiger partial charge is 0.256 e. The van der Waals surface area contributed by atoms with E-state index in [1.807, 2.05) is 37.3 Å². The highest BCUT2D eigenvalue weighted by molar-refractivity contribution is 7.16. The van der Waals surface area contributed by atoms with Gasteiger partial charge in [-0.3, -0.25) is 4.79 Å². The van der Waals surface area contributed by atoms with Gasteiger partial charge in [0.15, 0.2) is 0 Å². The van der Waals surface area contributed by atoms with E-state index in [0.29, 0.717) is 12.2 Å². The maximum Gasteiger partial charge on any atom is 0.256 e. The number of piperidine rings is 1. The summed E-state index contributed by atoms with van der Waals surface area (Å²) in [6.45, 7) is 9.49.